The van der Waals surface area contributed by atoms with Gasteiger partial charge in [-0.2, -0.15) is 0 Å². The molecule has 5 heteroatoms. The van der Waals surface area contributed by atoms with Gasteiger partial charge in [0.1, 0.15) is 0 Å². The normalized spacial score (nSPS) is 20.3. The Balaban J connectivity index is 1.47. The molecule has 0 aliphatic heterocycles. The number of hydrogen-bond donors (Lipinski definition) is 3. The predicted molar refractivity (Wildman–Crippen MR) is 124 cm³/mol. The van der Waals surface area contributed by atoms with E-state index in [1.165, 1.54) is 30.4 Å². The molecule has 4 nitrogen and oxygen atoms in total. The van der Waals surface area contributed by atoms with Crippen LogP contribution in [0.15, 0.2) is 42.5 Å². The van der Waals surface area contributed by atoms with Crippen molar-refractivity contribution in [2.24, 2.45) is 5.92 Å². The number of amides is 2. The first-order valence-corrected chi connectivity index (χ1v) is 11.2. The van der Waals surface area contributed by atoms with E-state index in [9.17, 15) is 4.79 Å². The topological polar surface area (TPSA) is 53.2 Å². The van der Waals surface area contributed by atoms with Gasteiger partial charge in [-0.3, -0.25) is 0 Å². The molecule has 2 aliphatic carbocycles. The van der Waals surface area contributed by atoms with Crippen LogP contribution in [-0.2, 0) is 5.41 Å². The second kappa shape index (κ2) is 8.03. The minimum absolute atomic E-state index is 0.122. The number of anilines is 2. The van der Waals surface area contributed by atoms with Crippen molar-refractivity contribution < 1.29 is 4.79 Å². The van der Waals surface area contributed by atoms with Gasteiger partial charge in [-0.25, -0.2) is 4.79 Å². The summed E-state index contributed by atoms with van der Waals surface area (Å²) in [5.74, 6) is 0.879. The molecule has 2 amide bonds. The highest BCUT2D eigenvalue weighted by Gasteiger charge is 2.33. The van der Waals surface area contributed by atoms with Gasteiger partial charge in [-0.1, -0.05) is 19.9 Å². The zero-order valence-electron chi connectivity index (χ0n) is 16.5. The number of carbonyl (C=O) groups is 1. The molecule has 1 unspecified atom stereocenters. The number of halogens is 1. The molecule has 2 aromatic rings. The summed E-state index contributed by atoms with van der Waals surface area (Å²) in [7, 11) is 0. The molecule has 4 rings (SSSR count). The number of hydrogen-bond acceptors (Lipinski definition) is 2. The van der Waals surface area contributed by atoms with Gasteiger partial charge in [0, 0.05) is 21.0 Å². The molecule has 1 atom stereocenters. The lowest BCUT2D eigenvalue weighted by molar-refractivity contribution is 0.262. The van der Waals surface area contributed by atoms with E-state index < -0.39 is 0 Å². The molecule has 2 aliphatic rings. The maximum Gasteiger partial charge on any atom is 0.323 e. The van der Waals surface area contributed by atoms with E-state index >= 15 is 0 Å². The summed E-state index contributed by atoms with van der Waals surface area (Å²) in [6.45, 7) is 5.74. The summed E-state index contributed by atoms with van der Waals surface area (Å²) in [6.07, 6.45) is 5.07. The molecule has 148 valence electrons. The number of benzene rings is 2. The maximum absolute atomic E-state index is 12.4. The van der Waals surface area contributed by atoms with E-state index in [1.54, 1.807) is 0 Å². The van der Waals surface area contributed by atoms with Gasteiger partial charge in [0.15, 0.2) is 0 Å². The average molecular weight is 489 g/mol. The van der Waals surface area contributed by atoms with E-state index in [4.69, 9.17) is 0 Å². The second-order valence-corrected chi connectivity index (χ2v) is 9.96. The van der Waals surface area contributed by atoms with Crippen molar-refractivity contribution in [3.8, 4) is 0 Å². The summed E-state index contributed by atoms with van der Waals surface area (Å²) in [4.78, 5) is 12.4. The van der Waals surface area contributed by atoms with Gasteiger partial charge >= 0.3 is 6.03 Å². The molecule has 1 saturated carbocycles. The fourth-order valence-corrected chi connectivity index (χ4v) is 4.35. The monoisotopic (exact) mass is 489 g/mol. The summed E-state index contributed by atoms with van der Waals surface area (Å²) >= 11 is 2.25. The SMILES string of the molecule is CC1(C)CCC(NCC2CC2)c2ccc(NC(=O)Nc3ccc(I)cc3)cc21. The Kier molecular flexibility index (Phi) is 5.65. The van der Waals surface area contributed by atoms with Gasteiger partial charge in [0.2, 0.25) is 0 Å². The molecule has 0 heterocycles. The molecule has 0 radical (unpaired) electrons. The minimum Gasteiger partial charge on any atom is -0.310 e. The second-order valence-electron chi connectivity index (χ2n) is 8.71. The van der Waals surface area contributed by atoms with Crippen molar-refractivity contribution in [3.63, 3.8) is 0 Å². The summed E-state index contributed by atoms with van der Waals surface area (Å²) in [5.41, 5.74) is 4.50. The Morgan fingerprint density at radius 1 is 1.04 bits per heavy atom. The Morgan fingerprint density at radius 3 is 2.43 bits per heavy atom. The minimum atomic E-state index is -0.210. The molecule has 0 saturated heterocycles. The van der Waals surface area contributed by atoms with Crippen molar-refractivity contribution in [1.82, 2.24) is 5.32 Å². The number of urea groups is 1. The molecule has 2 aromatic carbocycles. The first-order valence-electron chi connectivity index (χ1n) is 10.1. The average Bonchev–Trinajstić information content (AvgIpc) is 3.48. The highest BCUT2D eigenvalue weighted by Crippen LogP contribution is 2.43. The molecule has 1 fully saturated rings. The largest absolute Gasteiger partial charge is 0.323 e. The van der Waals surface area contributed by atoms with E-state index in [1.807, 2.05) is 30.3 Å². The molecular weight excluding hydrogens is 461 g/mol. The zero-order valence-corrected chi connectivity index (χ0v) is 18.7. The first-order chi connectivity index (χ1) is 13.4. The summed E-state index contributed by atoms with van der Waals surface area (Å²) in [5, 5.41) is 9.67. The van der Waals surface area contributed by atoms with Gasteiger partial charge in [-0.15, -0.1) is 0 Å². The first kappa shape index (κ1) is 19.7. The molecule has 0 aromatic heterocycles. The molecule has 3 N–H and O–H groups in total. The summed E-state index contributed by atoms with van der Waals surface area (Å²) in [6, 6.07) is 14.4. The third kappa shape index (κ3) is 4.69. The molecule has 28 heavy (non-hydrogen) atoms. The van der Waals surface area contributed by atoms with Crippen LogP contribution in [0.5, 0.6) is 0 Å². The Bertz CT molecular complexity index is 859. The van der Waals surface area contributed by atoms with Crippen LogP contribution in [0.1, 0.15) is 56.7 Å². The number of rotatable bonds is 5. The fraction of sp³-hybridized carbons (Fsp3) is 0.435. The fourth-order valence-electron chi connectivity index (χ4n) is 3.99. The van der Waals surface area contributed by atoms with Crippen molar-refractivity contribution >= 4 is 40.0 Å². The van der Waals surface area contributed by atoms with Crippen LogP contribution >= 0.6 is 22.6 Å². The third-order valence-electron chi connectivity index (χ3n) is 5.93. The van der Waals surface area contributed by atoms with Gasteiger partial charge in [0.25, 0.3) is 0 Å². The quantitative estimate of drug-likeness (QED) is 0.448. The van der Waals surface area contributed by atoms with Crippen molar-refractivity contribution in [1.29, 1.82) is 0 Å². The smallest absolute Gasteiger partial charge is 0.310 e. The van der Waals surface area contributed by atoms with E-state index in [0.29, 0.717) is 6.04 Å². The van der Waals surface area contributed by atoms with Crippen LogP contribution in [0.4, 0.5) is 16.2 Å². The maximum atomic E-state index is 12.4. The third-order valence-corrected chi connectivity index (χ3v) is 6.64. The van der Waals surface area contributed by atoms with E-state index in [0.717, 1.165) is 33.8 Å². The molecular formula is C23H28IN3O. The van der Waals surface area contributed by atoms with Crippen LogP contribution in [0, 0.1) is 9.49 Å². The molecule has 0 spiro atoms. The number of nitrogens with one attached hydrogen (secondary N) is 3. The lowest BCUT2D eigenvalue weighted by Crippen LogP contribution is -2.33. The Morgan fingerprint density at radius 2 is 1.71 bits per heavy atom. The predicted octanol–water partition coefficient (Wildman–Crippen LogP) is 6.05. The number of fused-ring (bicyclic) bond motifs is 1. The van der Waals surface area contributed by atoms with Crippen LogP contribution in [0.25, 0.3) is 0 Å². The van der Waals surface area contributed by atoms with Crippen LogP contribution in [0.2, 0.25) is 0 Å². The van der Waals surface area contributed by atoms with Gasteiger partial charge < -0.3 is 16.0 Å². The van der Waals surface area contributed by atoms with E-state index in [-0.39, 0.29) is 11.4 Å². The number of carbonyl (C=O) groups excluding carboxylic acids is 1. The molecule has 0 bridgehead atoms. The lowest BCUT2D eigenvalue weighted by atomic mass is 9.71. The highest BCUT2D eigenvalue weighted by atomic mass is 127. The van der Waals surface area contributed by atoms with Crippen molar-refractivity contribution in [2.75, 3.05) is 17.2 Å². The lowest BCUT2D eigenvalue weighted by Gasteiger charge is -2.38. The summed E-state index contributed by atoms with van der Waals surface area (Å²) < 4.78 is 1.14. The highest BCUT2D eigenvalue weighted by molar-refractivity contribution is 14.1. The van der Waals surface area contributed by atoms with Crippen LogP contribution in [-0.4, -0.2) is 12.6 Å². The van der Waals surface area contributed by atoms with Gasteiger partial charge in [0.05, 0.1) is 0 Å². The van der Waals surface area contributed by atoms with Crippen molar-refractivity contribution in [2.45, 2.75) is 51.0 Å². The standard InChI is InChI=1S/C23H28IN3O/c1-23(2)12-11-21(25-14-15-3-4-15)19-10-9-18(13-20(19)23)27-22(28)26-17-7-5-16(24)6-8-17/h5-10,13,15,21,25H,3-4,11-12,14H2,1-2H3,(H2,26,27,28). The van der Waals surface area contributed by atoms with E-state index in [2.05, 4.69) is 64.5 Å². The van der Waals surface area contributed by atoms with Crippen LogP contribution in [0.3, 0.4) is 0 Å². The zero-order chi connectivity index (χ0) is 19.7. The van der Waals surface area contributed by atoms with Crippen molar-refractivity contribution in [3.05, 3.63) is 57.2 Å². The Hall–Kier alpha value is -1.60. The van der Waals surface area contributed by atoms with Crippen LogP contribution < -0.4 is 16.0 Å². The van der Waals surface area contributed by atoms with Gasteiger partial charge in [-0.05, 0) is 114 Å². The Labute approximate surface area is 181 Å².